The molecule has 8 nitrogen and oxygen atoms in total. The Labute approximate surface area is 202 Å². The first kappa shape index (κ1) is 22.6. The van der Waals surface area contributed by atoms with Gasteiger partial charge in [0.05, 0.1) is 17.9 Å². The Morgan fingerprint density at radius 3 is 2.51 bits per heavy atom. The van der Waals surface area contributed by atoms with E-state index in [9.17, 15) is 14.7 Å². The maximum atomic E-state index is 13.3. The Balaban J connectivity index is 1.62. The molecule has 1 aromatic heterocycles. The summed E-state index contributed by atoms with van der Waals surface area (Å²) < 4.78 is 22.6. The third kappa shape index (κ3) is 4.01. The van der Waals surface area contributed by atoms with Crippen molar-refractivity contribution in [1.29, 1.82) is 0 Å². The molecule has 8 heteroatoms. The number of nitrogens with zero attached hydrogens (tertiary/aromatic N) is 1. The molecule has 1 amide bonds. The van der Waals surface area contributed by atoms with Crippen molar-refractivity contribution >= 4 is 23.1 Å². The van der Waals surface area contributed by atoms with Crippen molar-refractivity contribution in [2.45, 2.75) is 32.9 Å². The first-order valence-corrected chi connectivity index (χ1v) is 11.4. The molecule has 1 atom stereocenters. The minimum absolute atomic E-state index is 0.0107. The van der Waals surface area contributed by atoms with Crippen LogP contribution >= 0.6 is 0 Å². The van der Waals surface area contributed by atoms with Crippen LogP contribution in [0.4, 0.5) is 5.69 Å². The van der Waals surface area contributed by atoms with Gasteiger partial charge in [-0.25, -0.2) is 0 Å². The highest BCUT2D eigenvalue weighted by molar-refractivity contribution is 6.51. The number of ether oxygens (including phenoxy) is 3. The molecule has 2 aromatic carbocycles. The molecule has 2 aliphatic rings. The number of carbonyl (C=O) groups is 2. The number of carbonyl (C=O) groups excluding carboxylic acids is 2. The summed E-state index contributed by atoms with van der Waals surface area (Å²) in [5.74, 6) is 0.188. The van der Waals surface area contributed by atoms with Crippen molar-refractivity contribution in [3.8, 4) is 17.2 Å². The van der Waals surface area contributed by atoms with Crippen molar-refractivity contribution in [3.63, 3.8) is 0 Å². The van der Waals surface area contributed by atoms with Crippen LogP contribution in [0.15, 0.2) is 64.8 Å². The fraction of sp³-hybridized carbons (Fsp3) is 0.259. The van der Waals surface area contributed by atoms with Crippen LogP contribution in [0, 0.1) is 6.92 Å². The van der Waals surface area contributed by atoms with Crippen LogP contribution in [0.25, 0.3) is 5.76 Å². The molecular formula is C27H25NO7. The van der Waals surface area contributed by atoms with E-state index in [1.807, 2.05) is 20.8 Å². The second kappa shape index (κ2) is 8.87. The lowest BCUT2D eigenvalue weighted by atomic mass is 9.98. The number of ketones is 1. The molecule has 1 unspecified atom stereocenters. The predicted molar refractivity (Wildman–Crippen MR) is 128 cm³/mol. The first-order chi connectivity index (χ1) is 16.8. The highest BCUT2D eigenvalue weighted by Crippen LogP contribution is 2.44. The number of anilines is 1. The highest BCUT2D eigenvalue weighted by atomic mass is 16.6. The van der Waals surface area contributed by atoms with Gasteiger partial charge in [-0.1, -0.05) is 0 Å². The zero-order valence-corrected chi connectivity index (χ0v) is 19.6. The topological polar surface area (TPSA) is 98.4 Å². The van der Waals surface area contributed by atoms with Gasteiger partial charge in [-0.3, -0.25) is 14.5 Å². The van der Waals surface area contributed by atoms with Gasteiger partial charge in [0, 0.05) is 17.3 Å². The van der Waals surface area contributed by atoms with Gasteiger partial charge in [0.25, 0.3) is 11.7 Å². The first-order valence-electron chi connectivity index (χ1n) is 11.4. The Bertz CT molecular complexity index is 1320. The molecule has 1 fully saturated rings. The van der Waals surface area contributed by atoms with Gasteiger partial charge < -0.3 is 23.7 Å². The van der Waals surface area contributed by atoms with Crippen LogP contribution in [-0.2, 0) is 9.59 Å². The van der Waals surface area contributed by atoms with E-state index in [0.717, 1.165) is 5.56 Å². The standard InChI is InChI=1S/C27H25NO7/c1-15(2)35-19-8-6-17(13-16(19)3)25(29)23-24(21-5-4-10-32-21)28(27(31)26(23)30)18-7-9-20-22(14-18)34-12-11-33-20/h4-10,13-15,24,29H,11-12H2,1-3H3/b25-23-. The number of benzene rings is 2. The zero-order valence-electron chi connectivity index (χ0n) is 19.6. The molecule has 0 aliphatic carbocycles. The monoisotopic (exact) mass is 475 g/mol. The van der Waals surface area contributed by atoms with Crippen LogP contribution in [0.1, 0.15) is 36.8 Å². The molecule has 180 valence electrons. The number of Topliss-reactive ketones (excluding diaryl/α,β-unsaturated/α-hetero) is 1. The van der Waals surface area contributed by atoms with Crippen molar-refractivity contribution in [3.05, 3.63) is 77.3 Å². The number of hydrogen-bond acceptors (Lipinski definition) is 7. The molecule has 35 heavy (non-hydrogen) atoms. The summed E-state index contributed by atoms with van der Waals surface area (Å²) in [6, 6.07) is 12.5. The van der Waals surface area contributed by atoms with Crippen LogP contribution < -0.4 is 19.1 Å². The summed E-state index contributed by atoms with van der Waals surface area (Å²) >= 11 is 0. The maximum Gasteiger partial charge on any atom is 0.300 e. The SMILES string of the molecule is Cc1cc(/C(O)=C2/C(=O)C(=O)N(c3ccc4c(c3)OCCO4)C2c2ccco2)ccc1OC(C)C. The average molecular weight is 475 g/mol. The quantitative estimate of drug-likeness (QED) is 0.322. The summed E-state index contributed by atoms with van der Waals surface area (Å²) in [5, 5.41) is 11.3. The van der Waals surface area contributed by atoms with Crippen LogP contribution in [0.5, 0.6) is 17.2 Å². The van der Waals surface area contributed by atoms with Crippen molar-refractivity contribution in [1.82, 2.24) is 0 Å². The fourth-order valence-corrected chi connectivity index (χ4v) is 4.34. The number of furan rings is 1. The third-order valence-electron chi connectivity index (χ3n) is 5.87. The van der Waals surface area contributed by atoms with E-state index in [1.165, 1.54) is 11.2 Å². The molecular weight excluding hydrogens is 450 g/mol. The van der Waals surface area contributed by atoms with Gasteiger partial charge in [-0.05, 0) is 68.8 Å². The second-order valence-electron chi connectivity index (χ2n) is 8.66. The van der Waals surface area contributed by atoms with Gasteiger partial charge in [-0.2, -0.15) is 0 Å². The largest absolute Gasteiger partial charge is 0.507 e. The fourth-order valence-electron chi connectivity index (χ4n) is 4.34. The number of aliphatic hydroxyl groups excluding tert-OH is 1. The minimum atomic E-state index is -0.959. The zero-order chi connectivity index (χ0) is 24.7. The highest BCUT2D eigenvalue weighted by Gasteiger charge is 2.48. The Morgan fingerprint density at radius 1 is 1.06 bits per heavy atom. The van der Waals surface area contributed by atoms with Crippen LogP contribution in [0.3, 0.4) is 0 Å². The Kier molecular flexibility index (Phi) is 5.72. The van der Waals surface area contributed by atoms with E-state index in [2.05, 4.69) is 0 Å². The number of fused-ring (bicyclic) bond motifs is 1. The molecule has 2 aliphatic heterocycles. The maximum absolute atomic E-state index is 13.3. The number of amides is 1. The van der Waals surface area contributed by atoms with Gasteiger partial charge in [0.2, 0.25) is 0 Å². The minimum Gasteiger partial charge on any atom is -0.507 e. The Morgan fingerprint density at radius 2 is 1.83 bits per heavy atom. The van der Waals surface area contributed by atoms with E-state index >= 15 is 0 Å². The molecule has 3 heterocycles. The molecule has 0 radical (unpaired) electrons. The van der Waals surface area contributed by atoms with Crippen molar-refractivity contribution < 1.29 is 33.3 Å². The average Bonchev–Trinajstić information content (AvgIpc) is 3.46. The lowest BCUT2D eigenvalue weighted by Gasteiger charge is -2.25. The van der Waals surface area contributed by atoms with E-state index in [-0.39, 0.29) is 17.4 Å². The molecule has 0 bridgehead atoms. The molecule has 0 saturated carbocycles. The summed E-state index contributed by atoms with van der Waals surface area (Å²) in [6.45, 7) is 6.52. The second-order valence-corrected chi connectivity index (χ2v) is 8.66. The van der Waals surface area contributed by atoms with Crippen LogP contribution in [0.2, 0.25) is 0 Å². The molecule has 3 aromatic rings. The summed E-state index contributed by atoms with van der Waals surface area (Å²) in [5.41, 5.74) is 1.55. The van der Waals surface area contributed by atoms with Gasteiger partial charge >= 0.3 is 0 Å². The van der Waals surface area contributed by atoms with Crippen LogP contribution in [-0.4, -0.2) is 36.1 Å². The Hall–Kier alpha value is -4.20. The number of hydrogen-bond donors (Lipinski definition) is 1. The summed E-state index contributed by atoms with van der Waals surface area (Å²) in [7, 11) is 0. The van der Waals surface area contributed by atoms with E-state index in [0.29, 0.717) is 47.5 Å². The molecule has 0 spiro atoms. The van der Waals surface area contributed by atoms with Gasteiger partial charge in [0.1, 0.15) is 36.5 Å². The number of rotatable bonds is 5. The van der Waals surface area contributed by atoms with E-state index in [1.54, 1.807) is 48.5 Å². The lowest BCUT2D eigenvalue weighted by molar-refractivity contribution is -0.132. The number of aliphatic hydroxyl groups is 1. The predicted octanol–water partition coefficient (Wildman–Crippen LogP) is 4.77. The van der Waals surface area contributed by atoms with Gasteiger partial charge in [-0.15, -0.1) is 0 Å². The molecule has 5 rings (SSSR count). The molecule has 1 N–H and O–H groups in total. The summed E-state index contributed by atoms with van der Waals surface area (Å²) in [6.07, 6.45) is 1.45. The van der Waals surface area contributed by atoms with E-state index in [4.69, 9.17) is 18.6 Å². The summed E-state index contributed by atoms with van der Waals surface area (Å²) in [4.78, 5) is 27.8. The van der Waals surface area contributed by atoms with Crippen molar-refractivity contribution in [2.75, 3.05) is 18.1 Å². The molecule has 1 saturated heterocycles. The smallest absolute Gasteiger partial charge is 0.300 e. The lowest BCUT2D eigenvalue weighted by Crippen LogP contribution is -2.29. The normalized spacial score (nSPS) is 18.9. The van der Waals surface area contributed by atoms with Crippen molar-refractivity contribution in [2.24, 2.45) is 0 Å². The van der Waals surface area contributed by atoms with Gasteiger partial charge in [0.15, 0.2) is 11.5 Å². The van der Waals surface area contributed by atoms with E-state index < -0.39 is 17.7 Å². The number of aryl methyl sites for hydroxylation is 1. The third-order valence-corrected chi connectivity index (χ3v) is 5.87.